The van der Waals surface area contributed by atoms with Crippen LogP contribution in [0.15, 0.2) is 24.3 Å². The fraction of sp³-hybridized carbons (Fsp3) is 0.385. The van der Waals surface area contributed by atoms with Crippen LogP contribution in [0.4, 0.5) is 0 Å². The minimum Gasteiger partial charge on any atom is -0.497 e. The molecule has 1 fully saturated rings. The number of ether oxygens (including phenoxy) is 1. The van der Waals surface area contributed by atoms with Crippen LogP contribution in [0, 0.1) is 0 Å². The van der Waals surface area contributed by atoms with Gasteiger partial charge in [0, 0.05) is 13.0 Å². The molecule has 1 aliphatic rings. The first-order chi connectivity index (χ1) is 8.97. The van der Waals surface area contributed by atoms with Crippen LogP contribution in [0.2, 0.25) is 0 Å². The van der Waals surface area contributed by atoms with Gasteiger partial charge in [-0.1, -0.05) is 12.1 Å². The Hall–Kier alpha value is -1.31. The zero-order valence-corrected chi connectivity index (χ0v) is 12.6. The molecule has 1 saturated heterocycles. The molecule has 1 aliphatic heterocycles. The number of rotatable bonds is 4. The molecule has 0 aliphatic carbocycles. The predicted molar refractivity (Wildman–Crippen MR) is 77.2 cm³/mol. The van der Waals surface area contributed by atoms with Crippen LogP contribution in [0.5, 0.6) is 5.75 Å². The minimum absolute atomic E-state index is 0.125. The zero-order valence-electron chi connectivity index (χ0n) is 10.4. The normalized spacial score (nSPS) is 22.6. The lowest BCUT2D eigenvalue weighted by Crippen LogP contribution is -2.46. The fourth-order valence-electron chi connectivity index (χ4n) is 2.13. The first-order valence-corrected chi connectivity index (χ1v) is 6.91. The van der Waals surface area contributed by atoms with Crippen molar-refractivity contribution in [2.24, 2.45) is 0 Å². The molecule has 102 valence electrons. The van der Waals surface area contributed by atoms with Crippen LogP contribution in [0.1, 0.15) is 18.4 Å². The average Bonchev–Trinajstić information content (AvgIpc) is 2.69. The van der Waals surface area contributed by atoms with Gasteiger partial charge in [0.25, 0.3) is 0 Å². The third kappa shape index (κ3) is 2.68. The highest BCUT2D eigenvalue weighted by atomic mass is 127. The number of likely N-dealkylation sites (tertiary alicyclic amines) is 1. The van der Waals surface area contributed by atoms with E-state index in [2.05, 4.69) is 0 Å². The number of methoxy groups -OCH3 is 1. The molecule has 19 heavy (non-hydrogen) atoms. The zero-order chi connectivity index (χ0) is 14.0. The summed E-state index contributed by atoms with van der Waals surface area (Å²) in [7, 11) is 1.57. The Balaban J connectivity index is 2.25. The number of amides is 1. The first kappa shape index (κ1) is 14.1. The van der Waals surface area contributed by atoms with Crippen molar-refractivity contribution in [3.63, 3.8) is 0 Å². The highest BCUT2D eigenvalue weighted by Crippen LogP contribution is 2.38. The Kier molecular flexibility index (Phi) is 3.98. The van der Waals surface area contributed by atoms with Crippen molar-refractivity contribution >= 4 is 34.5 Å². The molecule has 6 heteroatoms. The van der Waals surface area contributed by atoms with E-state index in [0.717, 1.165) is 5.56 Å². The maximum absolute atomic E-state index is 11.9. The highest BCUT2D eigenvalue weighted by Gasteiger charge is 2.49. The van der Waals surface area contributed by atoms with Gasteiger partial charge in [0.1, 0.15) is 5.75 Å². The summed E-state index contributed by atoms with van der Waals surface area (Å²) < 4.78 is 3.98. The molecule has 1 atom stereocenters. The molecular weight excluding hydrogens is 361 g/mol. The molecule has 1 amide bonds. The van der Waals surface area contributed by atoms with E-state index < -0.39 is 9.51 Å². The lowest BCUT2D eigenvalue weighted by molar-refractivity contribution is -0.147. The summed E-state index contributed by atoms with van der Waals surface area (Å²) in [5.74, 6) is -0.403. The SMILES string of the molecule is COc1cccc(CN2C(=O)CCC2(I)C(=O)O)c1. The number of hydrogen-bond donors (Lipinski definition) is 1. The predicted octanol–water partition coefficient (Wildman–Crippen LogP) is 2.03. The quantitative estimate of drug-likeness (QED) is 0.497. The van der Waals surface area contributed by atoms with Gasteiger partial charge >= 0.3 is 5.97 Å². The molecule has 1 aromatic rings. The van der Waals surface area contributed by atoms with E-state index >= 15 is 0 Å². The number of carboxylic acid groups (broad SMARTS) is 1. The highest BCUT2D eigenvalue weighted by molar-refractivity contribution is 14.1. The molecule has 0 spiro atoms. The molecule has 0 radical (unpaired) electrons. The first-order valence-electron chi connectivity index (χ1n) is 5.83. The molecule has 0 bridgehead atoms. The summed E-state index contributed by atoms with van der Waals surface area (Å²) in [5.41, 5.74) is 0.858. The van der Waals surface area contributed by atoms with Gasteiger partial charge in [-0.25, -0.2) is 4.79 Å². The fourth-order valence-corrected chi connectivity index (χ4v) is 2.84. The van der Waals surface area contributed by atoms with Crippen LogP contribution in [0.25, 0.3) is 0 Å². The molecule has 1 aromatic carbocycles. The summed E-state index contributed by atoms with van der Waals surface area (Å²) in [4.78, 5) is 24.7. The summed E-state index contributed by atoms with van der Waals surface area (Å²) in [6, 6.07) is 7.30. The van der Waals surface area contributed by atoms with Gasteiger partial charge in [-0.05, 0) is 46.7 Å². The molecule has 5 nitrogen and oxygen atoms in total. The van der Waals surface area contributed by atoms with E-state index in [1.165, 1.54) is 4.90 Å². The van der Waals surface area contributed by atoms with Crippen molar-refractivity contribution < 1.29 is 19.4 Å². The molecule has 1 heterocycles. The Morgan fingerprint density at radius 1 is 1.58 bits per heavy atom. The Labute approximate surface area is 124 Å². The smallest absolute Gasteiger partial charge is 0.340 e. The van der Waals surface area contributed by atoms with Crippen molar-refractivity contribution in [2.45, 2.75) is 22.9 Å². The van der Waals surface area contributed by atoms with E-state index in [1.54, 1.807) is 7.11 Å². The largest absolute Gasteiger partial charge is 0.497 e. The molecular formula is C13H14INO4. The number of carbonyl (C=O) groups excluding carboxylic acids is 1. The van der Waals surface area contributed by atoms with Crippen LogP contribution in [0.3, 0.4) is 0 Å². The molecule has 2 rings (SSSR count). The number of halogens is 1. The van der Waals surface area contributed by atoms with Crippen LogP contribution in [-0.4, -0.2) is 32.5 Å². The number of nitrogens with zero attached hydrogens (tertiary/aromatic N) is 1. The van der Waals surface area contributed by atoms with E-state index in [-0.39, 0.29) is 18.9 Å². The van der Waals surface area contributed by atoms with Crippen LogP contribution < -0.4 is 4.74 Å². The van der Waals surface area contributed by atoms with Crippen molar-refractivity contribution in [3.8, 4) is 5.75 Å². The second kappa shape index (κ2) is 5.36. The van der Waals surface area contributed by atoms with Crippen molar-refractivity contribution in [1.82, 2.24) is 4.90 Å². The van der Waals surface area contributed by atoms with E-state index in [1.807, 2.05) is 46.9 Å². The third-order valence-corrected chi connectivity index (χ3v) is 4.78. The Morgan fingerprint density at radius 3 is 2.95 bits per heavy atom. The average molecular weight is 375 g/mol. The van der Waals surface area contributed by atoms with Gasteiger partial charge in [0.2, 0.25) is 5.91 Å². The van der Waals surface area contributed by atoms with E-state index in [9.17, 15) is 14.7 Å². The van der Waals surface area contributed by atoms with E-state index in [0.29, 0.717) is 12.2 Å². The number of benzene rings is 1. The van der Waals surface area contributed by atoms with Crippen LogP contribution in [-0.2, 0) is 16.1 Å². The minimum atomic E-state index is -1.14. The van der Waals surface area contributed by atoms with Gasteiger partial charge < -0.3 is 14.7 Å². The van der Waals surface area contributed by atoms with Gasteiger partial charge in [0.05, 0.1) is 7.11 Å². The Bertz CT molecular complexity index is 519. The van der Waals surface area contributed by atoms with Crippen molar-refractivity contribution in [3.05, 3.63) is 29.8 Å². The monoisotopic (exact) mass is 375 g/mol. The summed E-state index contributed by atoms with van der Waals surface area (Å²) >= 11 is 1.85. The number of aliphatic carboxylic acids is 1. The van der Waals surface area contributed by atoms with Gasteiger partial charge in [-0.15, -0.1) is 0 Å². The molecule has 1 unspecified atom stereocenters. The number of carboxylic acids is 1. The number of alkyl halides is 1. The van der Waals surface area contributed by atoms with E-state index in [4.69, 9.17) is 4.74 Å². The second-order valence-electron chi connectivity index (χ2n) is 4.40. The van der Waals surface area contributed by atoms with Crippen molar-refractivity contribution in [1.29, 1.82) is 0 Å². The molecule has 0 saturated carbocycles. The summed E-state index contributed by atoms with van der Waals surface area (Å²) in [6.07, 6.45) is 0.616. The lowest BCUT2D eigenvalue weighted by atomic mass is 10.1. The molecule has 1 N–H and O–H groups in total. The second-order valence-corrected chi connectivity index (χ2v) is 6.18. The Morgan fingerprint density at radius 2 is 2.32 bits per heavy atom. The maximum atomic E-state index is 11.9. The van der Waals surface area contributed by atoms with Crippen LogP contribution >= 0.6 is 22.6 Å². The standard InChI is InChI=1S/C13H14INO4/c1-19-10-4-2-3-9(7-10)8-15-11(16)5-6-13(15,14)12(17)18/h2-4,7H,5-6,8H2,1H3,(H,17,18). The van der Waals surface area contributed by atoms with Gasteiger partial charge in [0.15, 0.2) is 3.55 Å². The van der Waals surface area contributed by atoms with Crippen molar-refractivity contribution in [2.75, 3.05) is 7.11 Å². The third-order valence-electron chi connectivity index (χ3n) is 3.20. The van der Waals surface area contributed by atoms with Gasteiger partial charge in [-0.2, -0.15) is 0 Å². The lowest BCUT2D eigenvalue weighted by Gasteiger charge is -2.29. The summed E-state index contributed by atoms with van der Waals surface area (Å²) in [5, 5.41) is 9.31. The number of carbonyl (C=O) groups is 2. The number of hydrogen-bond acceptors (Lipinski definition) is 3. The maximum Gasteiger partial charge on any atom is 0.340 e. The summed E-state index contributed by atoms with van der Waals surface area (Å²) in [6.45, 7) is 0.283. The van der Waals surface area contributed by atoms with Gasteiger partial charge in [-0.3, -0.25) is 4.79 Å². The molecule has 0 aromatic heterocycles. The topological polar surface area (TPSA) is 66.8 Å².